The number of aromatic nitrogens is 2. The van der Waals surface area contributed by atoms with Crippen molar-refractivity contribution in [3.05, 3.63) is 46.4 Å². The summed E-state index contributed by atoms with van der Waals surface area (Å²) in [7, 11) is 0. The molecule has 0 aliphatic carbocycles. The Morgan fingerprint density at radius 1 is 1.62 bits per heavy atom. The molecule has 0 spiro atoms. The highest BCUT2D eigenvalue weighted by Crippen LogP contribution is 2.16. The molecule has 82 valence electrons. The number of hydrogen-bond acceptors (Lipinski definition) is 3. The number of carbonyl (C=O) groups is 1. The topological polar surface area (TPSA) is 55.1 Å². The predicted octanol–water partition coefficient (Wildman–Crippen LogP) is 2.09. The average Bonchev–Trinajstić information content (AvgIpc) is 2.87. The first-order valence-corrected chi connectivity index (χ1v) is 5.58. The Labute approximate surface area is 96.5 Å². The Hall–Kier alpha value is -1.88. The van der Waals surface area contributed by atoms with Crippen molar-refractivity contribution in [3.63, 3.8) is 0 Å². The summed E-state index contributed by atoms with van der Waals surface area (Å²) >= 11 is 1.59. The molecular weight excluding hydrogens is 224 g/mol. The molecule has 1 N–H and O–H groups in total. The van der Waals surface area contributed by atoms with Crippen molar-refractivity contribution < 1.29 is 9.90 Å². The average molecular weight is 234 g/mol. The normalized spacial score (nSPS) is 11.0. The third kappa shape index (κ3) is 2.80. The lowest BCUT2D eigenvalue weighted by Crippen LogP contribution is -1.97. The maximum absolute atomic E-state index is 10.3. The standard InChI is InChI=1S/C11H10N2O2S/c14-11(15)3-2-9-6-10(16-8-9)7-13-5-1-4-12-13/h1-6,8H,7H2,(H,14,15). The van der Waals surface area contributed by atoms with E-state index in [1.807, 2.05) is 28.4 Å². The molecule has 2 rings (SSSR count). The van der Waals surface area contributed by atoms with E-state index in [2.05, 4.69) is 5.10 Å². The summed E-state index contributed by atoms with van der Waals surface area (Å²) < 4.78 is 1.83. The number of aliphatic carboxylic acids is 1. The number of nitrogens with zero attached hydrogens (tertiary/aromatic N) is 2. The second kappa shape index (κ2) is 4.76. The van der Waals surface area contributed by atoms with Crippen LogP contribution in [0.15, 0.2) is 36.0 Å². The van der Waals surface area contributed by atoms with E-state index in [1.54, 1.807) is 23.6 Å². The summed E-state index contributed by atoms with van der Waals surface area (Å²) in [5.41, 5.74) is 0.912. The van der Waals surface area contributed by atoms with E-state index in [-0.39, 0.29) is 0 Å². The lowest BCUT2D eigenvalue weighted by atomic mass is 10.3. The van der Waals surface area contributed by atoms with Crippen LogP contribution in [0.25, 0.3) is 6.08 Å². The fraction of sp³-hybridized carbons (Fsp3) is 0.0909. The molecular formula is C11H10N2O2S. The number of thiophene rings is 1. The van der Waals surface area contributed by atoms with E-state index in [1.165, 1.54) is 0 Å². The minimum absolute atomic E-state index is 0.721. The largest absolute Gasteiger partial charge is 0.478 e. The van der Waals surface area contributed by atoms with Crippen molar-refractivity contribution in [2.75, 3.05) is 0 Å². The molecule has 0 fully saturated rings. The van der Waals surface area contributed by atoms with Crippen molar-refractivity contribution in [1.82, 2.24) is 9.78 Å². The second-order valence-corrected chi connectivity index (χ2v) is 4.22. The first-order chi connectivity index (χ1) is 7.74. The van der Waals surface area contributed by atoms with Crippen LogP contribution >= 0.6 is 11.3 Å². The Morgan fingerprint density at radius 3 is 3.19 bits per heavy atom. The Balaban J connectivity index is 2.05. The zero-order valence-corrected chi connectivity index (χ0v) is 9.22. The zero-order valence-electron chi connectivity index (χ0n) is 8.41. The molecule has 0 aliphatic rings. The monoisotopic (exact) mass is 234 g/mol. The van der Waals surface area contributed by atoms with Gasteiger partial charge in [-0.05, 0) is 29.2 Å². The number of hydrogen-bond donors (Lipinski definition) is 1. The zero-order chi connectivity index (χ0) is 11.4. The molecule has 2 heterocycles. The van der Waals surface area contributed by atoms with Crippen LogP contribution in [0.5, 0.6) is 0 Å². The predicted molar refractivity (Wildman–Crippen MR) is 62.3 cm³/mol. The van der Waals surface area contributed by atoms with Crippen molar-refractivity contribution >= 4 is 23.4 Å². The van der Waals surface area contributed by atoms with Gasteiger partial charge in [0.05, 0.1) is 6.54 Å². The van der Waals surface area contributed by atoms with E-state index >= 15 is 0 Å². The van der Waals surface area contributed by atoms with E-state index in [9.17, 15) is 4.79 Å². The van der Waals surface area contributed by atoms with Gasteiger partial charge in [0, 0.05) is 23.3 Å². The van der Waals surface area contributed by atoms with E-state index in [0.717, 1.165) is 23.1 Å². The summed E-state index contributed by atoms with van der Waals surface area (Å²) in [5.74, 6) is -0.931. The van der Waals surface area contributed by atoms with Crippen molar-refractivity contribution in [3.8, 4) is 0 Å². The van der Waals surface area contributed by atoms with E-state index < -0.39 is 5.97 Å². The minimum Gasteiger partial charge on any atom is -0.478 e. The molecule has 4 nitrogen and oxygen atoms in total. The highest BCUT2D eigenvalue weighted by atomic mass is 32.1. The Kier molecular flexibility index (Phi) is 3.16. The van der Waals surface area contributed by atoms with Gasteiger partial charge < -0.3 is 5.11 Å². The van der Waals surface area contributed by atoms with Crippen molar-refractivity contribution in [1.29, 1.82) is 0 Å². The van der Waals surface area contributed by atoms with Crippen molar-refractivity contribution in [2.45, 2.75) is 6.54 Å². The molecule has 0 bridgehead atoms. The first kappa shape index (κ1) is 10.6. The third-order valence-corrected chi connectivity index (χ3v) is 2.91. The first-order valence-electron chi connectivity index (χ1n) is 4.70. The third-order valence-electron chi connectivity index (χ3n) is 1.97. The molecule has 0 saturated carbocycles. The summed E-state index contributed by atoms with van der Waals surface area (Å²) in [6.45, 7) is 0.721. The van der Waals surface area contributed by atoms with Crippen LogP contribution in [0.3, 0.4) is 0 Å². The molecule has 0 amide bonds. The highest BCUT2D eigenvalue weighted by molar-refractivity contribution is 7.10. The molecule has 5 heteroatoms. The molecule has 16 heavy (non-hydrogen) atoms. The Bertz CT molecular complexity index is 500. The fourth-order valence-corrected chi connectivity index (χ4v) is 2.13. The summed E-state index contributed by atoms with van der Waals surface area (Å²) in [5, 5.41) is 14.5. The molecule has 2 aromatic rings. The van der Waals surface area contributed by atoms with Crippen LogP contribution < -0.4 is 0 Å². The van der Waals surface area contributed by atoms with Crippen LogP contribution in [-0.4, -0.2) is 20.9 Å². The molecule has 0 atom stereocenters. The lowest BCUT2D eigenvalue weighted by Gasteiger charge is -1.95. The van der Waals surface area contributed by atoms with E-state index in [0.29, 0.717) is 0 Å². The van der Waals surface area contributed by atoms with Gasteiger partial charge in [-0.15, -0.1) is 11.3 Å². The SMILES string of the molecule is O=C(O)C=Cc1csc(Cn2cccn2)c1. The quantitative estimate of drug-likeness (QED) is 0.824. The van der Waals surface area contributed by atoms with Crippen molar-refractivity contribution in [2.24, 2.45) is 0 Å². The van der Waals surface area contributed by atoms with Gasteiger partial charge in [-0.1, -0.05) is 0 Å². The smallest absolute Gasteiger partial charge is 0.328 e. The van der Waals surface area contributed by atoms with Gasteiger partial charge in [-0.25, -0.2) is 4.79 Å². The van der Waals surface area contributed by atoms with Crippen LogP contribution in [0.2, 0.25) is 0 Å². The molecule has 0 radical (unpaired) electrons. The molecule has 0 aliphatic heterocycles. The Morgan fingerprint density at radius 2 is 2.50 bits per heavy atom. The second-order valence-electron chi connectivity index (χ2n) is 3.22. The van der Waals surface area contributed by atoms with Gasteiger partial charge in [0.15, 0.2) is 0 Å². The molecule has 0 saturated heterocycles. The number of carboxylic acid groups (broad SMARTS) is 1. The van der Waals surface area contributed by atoms with Gasteiger partial charge in [-0.2, -0.15) is 5.10 Å². The maximum Gasteiger partial charge on any atom is 0.328 e. The van der Waals surface area contributed by atoms with Gasteiger partial charge in [0.25, 0.3) is 0 Å². The number of rotatable bonds is 4. The highest BCUT2D eigenvalue weighted by Gasteiger charge is 1.99. The maximum atomic E-state index is 10.3. The van der Waals surface area contributed by atoms with Crippen LogP contribution in [0.1, 0.15) is 10.4 Å². The van der Waals surface area contributed by atoms with Gasteiger partial charge in [-0.3, -0.25) is 4.68 Å². The molecule has 0 unspecified atom stereocenters. The lowest BCUT2D eigenvalue weighted by molar-refractivity contribution is -0.131. The van der Waals surface area contributed by atoms with Crippen LogP contribution in [0, 0.1) is 0 Å². The van der Waals surface area contributed by atoms with Gasteiger partial charge in [0.1, 0.15) is 0 Å². The van der Waals surface area contributed by atoms with Crippen LogP contribution in [-0.2, 0) is 11.3 Å². The summed E-state index contributed by atoms with van der Waals surface area (Å²) in [6.07, 6.45) is 6.36. The van der Waals surface area contributed by atoms with E-state index in [4.69, 9.17) is 5.11 Å². The summed E-state index contributed by atoms with van der Waals surface area (Å²) in [4.78, 5) is 11.5. The van der Waals surface area contributed by atoms with Crippen LogP contribution in [0.4, 0.5) is 0 Å². The molecule has 0 aromatic carbocycles. The number of carboxylic acids is 1. The molecule has 2 aromatic heterocycles. The fourth-order valence-electron chi connectivity index (χ4n) is 1.29. The van der Waals surface area contributed by atoms with Gasteiger partial charge >= 0.3 is 5.97 Å². The minimum atomic E-state index is -0.931. The summed E-state index contributed by atoms with van der Waals surface area (Å²) in [6, 6.07) is 3.84. The van der Waals surface area contributed by atoms with Gasteiger partial charge in [0.2, 0.25) is 0 Å².